The molecule has 112 valence electrons. The Labute approximate surface area is 125 Å². The minimum absolute atomic E-state index is 0.143. The van der Waals surface area contributed by atoms with Crippen LogP contribution in [0.15, 0.2) is 42.5 Å². The fourth-order valence-corrected chi connectivity index (χ4v) is 2.26. The molecule has 0 aliphatic rings. The first-order valence-electron chi connectivity index (χ1n) is 7.26. The van der Waals surface area contributed by atoms with Gasteiger partial charge in [-0.25, -0.2) is 4.39 Å². The van der Waals surface area contributed by atoms with E-state index in [1.54, 1.807) is 12.1 Å². The fraction of sp³-hybridized carbons (Fsp3) is 0.333. The molecular weight excluding hydrogens is 265 g/mol. The Hall–Kier alpha value is -1.87. The Morgan fingerprint density at radius 3 is 2.38 bits per heavy atom. The highest BCUT2D eigenvalue weighted by atomic mass is 19.1. The average molecular weight is 287 g/mol. The van der Waals surface area contributed by atoms with Crippen molar-refractivity contribution in [2.45, 2.75) is 39.3 Å². The number of hydrogen-bond donors (Lipinski definition) is 1. The van der Waals surface area contributed by atoms with Gasteiger partial charge in [-0.1, -0.05) is 31.2 Å². The third-order valence-corrected chi connectivity index (χ3v) is 3.87. The van der Waals surface area contributed by atoms with Gasteiger partial charge in [0.1, 0.15) is 17.7 Å². The molecule has 0 saturated heterocycles. The molecule has 0 saturated carbocycles. The third-order valence-electron chi connectivity index (χ3n) is 3.87. The molecule has 2 aromatic rings. The number of ether oxygens (including phenoxy) is 1. The predicted molar refractivity (Wildman–Crippen MR) is 84.0 cm³/mol. The van der Waals surface area contributed by atoms with Gasteiger partial charge >= 0.3 is 0 Å². The van der Waals surface area contributed by atoms with Crippen molar-refractivity contribution in [1.29, 1.82) is 0 Å². The van der Waals surface area contributed by atoms with Crippen LogP contribution in [0.1, 0.15) is 36.1 Å². The molecule has 2 aromatic carbocycles. The zero-order valence-electron chi connectivity index (χ0n) is 12.8. The van der Waals surface area contributed by atoms with E-state index in [-0.39, 0.29) is 18.0 Å². The van der Waals surface area contributed by atoms with E-state index >= 15 is 0 Å². The lowest BCUT2D eigenvalue weighted by Gasteiger charge is -2.26. The topological polar surface area (TPSA) is 35.2 Å². The van der Waals surface area contributed by atoms with Crippen molar-refractivity contribution in [3.05, 3.63) is 65.0 Å². The molecule has 0 aromatic heterocycles. The van der Waals surface area contributed by atoms with Crippen LogP contribution in [0.2, 0.25) is 0 Å². The summed E-state index contributed by atoms with van der Waals surface area (Å²) in [5.41, 5.74) is 9.38. The summed E-state index contributed by atoms with van der Waals surface area (Å²) in [7, 11) is 0. The summed E-state index contributed by atoms with van der Waals surface area (Å²) in [4.78, 5) is 0. The van der Waals surface area contributed by atoms with Gasteiger partial charge in [0, 0.05) is 6.04 Å². The summed E-state index contributed by atoms with van der Waals surface area (Å²) in [6.07, 6.45) is 0.503. The second kappa shape index (κ2) is 6.72. The highest BCUT2D eigenvalue weighted by Gasteiger charge is 2.21. The lowest BCUT2D eigenvalue weighted by molar-refractivity contribution is 0.169. The molecule has 0 fully saturated rings. The zero-order chi connectivity index (χ0) is 15.4. The average Bonchev–Trinajstić information content (AvgIpc) is 2.49. The Kier molecular flexibility index (Phi) is 4.97. The second-order valence-electron chi connectivity index (χ2n) is 5.36. The quantitative estimate of drug-likeness (QED) is 0.890. The van der Waals surface area contributed by atoms with Crippen LogP contribution in [0.25, 0.3) is 0 Å². The molecule has 0 bridgehead atoms. The van der Waals surface area contributed by atoms with Crippen LogP contribution in [0.5, 0.6) is 5.75 Å². The third kappa shape index (κ3) is 3.61. The Balaban J connectivity index is 2.33. The fourth-order valence-electron chi connectivity index (χ4n) is 2.26. The highest BCUT2D eigenvalue weighted by molar-refractivity contribution is 5.39. The SMILES string of the molecule is CCC(N)C(Oc1cccc(C)c1C)c1ccc(F)cc1. The van der Waals surface area contributed by atoms with Gasteiger partial charge in [-0.3, -0.25) is 0 Å². The summed E-state index contributed by atoms with van der Waals surface area (Å²) in [5, 5.41) is 0. The molecule has 0 aliphatic carbocycles. The van der Waals surface area contributed by atoms with Gasteiger partial charge in [0.15, 0.2) is 0 Å². The maximum atomic E-state index is 13.1. The number of benzene rings is 2. The van der Waals surface area contributed by atoms with Crippen molar-refractivity contribution >= 4 is 0 Å². The first kappa shape index (κ1) is 15.5. The largest absolute Gasteiger partial charge is 0.484 e. The maximum Gasteiger partial charge on any atom is 0.139 e. The Morgan fingerprint density at radius 1 is 1.10 bits per heavy atom. The van der Waals surface area contributed by atoms with Crippen LogP contribution in [0, 0.1) is 19.7 Å². The van der Waals surface area contributed by atoms with E-state index in [1.165, 1.54) is 17.7 Å². The summed E-state index contributed by atoms with van der Waals surface area (Å²) < 4.78 is 19.3. The normalized spacial score (nSPS) is 13.8. The number of nitrogens with two attached hydrogens (primary N) is 1. The summed E-state index contributed by atoms with van der Waals surface area (Å²) in [5.74, 6) is 0.572. The predicted octanol–water partition coefficient (Wildman–Crippen LogP) is 4.30. The molecule has 0 aliphatic heterocycles. The monoisotopic (exact) mass is 287 g/mol. The molecule has 2 atom stereocenters. The molecule has 2 unspecified atom stereocenters. The second-order valence-corrected chi connectivity index (χ2v) is 5.36. The summed E-state index contributed by atoms with van der Waals surface area (Å²) in [6, 6.07) is 12.2. The van der Waals surface area contributed by atoms with Gasteiger partial charge in [0.25, 0.3) is 0 Å². The van der Waals surface area contributed by atoms with Crippen molar-refractivity contribution in [2.75, 3.05) is 0 Å². The molecule has 0 radical (unpaired) electrons. The molecular formula is C18H22FNO. The van der Waals surface area contributed by atoms with Gasteiger partial charge in [-0.2, -0.15) is 0 Å². The zero-order valence-corrected chi connectivity index (χ0v) is 12.8. The Morgan fingerprint density at radius 2 is 1.76 bits per heavy atom. The first-order chi connectivity index (χ1) is 10.0. The van der Waals surface area contributed by atoms with E-state index in [1.807, 2.05) is 26.0 Å². The van der Waals surface area contributed by atoms with Crippen LogP contribution in [-0.2, 0) is 0 Å². The van der Waals surface area contributed by atoms with Crippen LogP contribution in [0.4, 0.5) is 4.39 Å². The van der Waals surface area contributed by atoms with E-state index in [2.05, 4.69) is 13.0 Å². The highest BCUT2D eigenvalue weighted by Crippen LogP contribution is 2.29. The summed E-state index contributed by atoms with van der Waals surface area (Å²) >= 11 is 0. The van der Waals surface area contributed by atoms with Gasteiger partial charge in [-0.05, 0) is 55.2 Å². The number of hydrogen-bond acceptors (Lipinski definition) is 2. The molecule has 2 N–H and O–H groups in total. The minimum Gasteiger partial charge on any atom is -0.484 e. The van der Waals surface area contributed by atoms with Gasteiger partial charge in [0.05, 0.1) is 0 Å². The van der Waals surface area contributed by atoms with E-state index in [4.69, 9.17) is 10.5 Å². The lowest BCUT2D eigenvalue weighted by Crippen LogP contribution is -2.31. The van der Waals surface area contributed by atoms with Gasteiger partial charge < -0.3 is 10.5 Å². The molecule has 0 amide bonds. The van der Waals surface area contributed by atoms with E-state index in [0.717, 1.165) is 23.3 Å². The number of halogens is 1. The minimum atomic E-state index is -0.281. The van der Waals surface area contributed by atoms with Crippen LogP contribution in [0.3, 0.4) is 0 Å². The molecule has 3 heteroatoms. The standard InChI is InChI=1S/C18H22FNO/c1-4-16(20)18(14-8-10-15(19)11-9-14)21-17-7-5-6-12(2)13(17)3/h5-11,16,18H,4,20H2,1-3H3. The number of rotatable bonds is 5. The van der Waals surface area contributed by atoms with Crippen molar-refractivity contribution in [2.24, 2.45) is 5.73 Å². The Bertz CT molecular complexity index is 595. The van der Waals surface area contributed by atoms with E-state index in [9.17, 15) is 4.39 Å². The lowest BCUT2D eigenvalue weighted by atomic mass is 10.0. The maximum absolute atomic E-state index is 13.1. The van der Waals surface area contributed by atoms with Crippen molar-refractivity contribution < 1.29 is 9.13 Å². The van der Waals surface area contributed by atoms with Crippen LogP contribution in [-0.4, -0.2) is 6.04 Å². The van der Waals surface area contributed by atoms with Gasteiger partial charge in [-0.15, -0.1) is 0 Å². The van der Waals surface area contributed by atoms with Crippen molar-refractivity contribution in [3.63, 3.8) is 0 Å². The molecule has 0 heterocycles. The first-order valence-corrected chi connectivity index (χ1v) is 7.26. The molecule has 0 spiro atoms. The molecule has 21 heavy (non-hydrogen) atoms. The molecule has 2 nitrogen and oxygen atoms in total. The smallest absolute Gasteiger partial charge is 0.139 e. The van der Waals surface area contributed by atoms with Crippen LogP contribution < -0.4 is 10.5 Å². The van der Waals surface area contributed by atoms with Crippen molar-refractivity contribution in [1.82, 2.24) is 0 Å². The van der Waals surface area contributed by atoms with Crippen LogP contribution >= 0.6 is 0 Å². The summed E-state index contributed by atoms with van der Waals surface area (Å²) in [6.45, 7) is 6.10. The van der Waals surface area contributed by atoms with E-state index in [0.29, 0.717) is 0 Å². The van der Waals surface area contributed by atoms with Gasteiger partial charge in [0.2, 0.25) is 0 Å². The number of aryl methyl sites for hydroxylation is 1. The van der Waals surface area contributed by atoms with Crippen molar-refractivity contribution in [3.8, 4) is 5.75 Å². The van der Waals surface area contributed by atoms with E-state index < -0.39 is 0 Å². The molecule has 2 rings (SSSR count).